The van der Waals surface area contributed by atoms with E-state index in [1.807, 2.05) is 24.3 Å². The molecule has 0 aliphatic heterocycles. The molecule has 1 heterocycles. The number of amides is 1. The molecule has 0 fully saturated rings. The molecule has 92 valence electrons. The van der Waals surface area contributed by atoms with E-state index in [4.69, 9.17) is 5.73 Å². The van der Waals surface area contributed by atoms with Gasteiger partial charge in [0.05, 0.1) is 6.42 Å². The average Bonchev–Trinajstić information content (AvgIpc) is 2.41. The van der Waals surface area contributed by atoms with E-state index in [-0.39, 0.29) is 5.91 Å². The highest BCUT2D eigenvalue weighted by atomic mass is 16.2. The SMILES string of the molecule is CN(C(=O)Cc1ccc(N)cc1)c1ccccn1. The van der Waals surface area contributed by atoms with Gasteiger partial charge in [0.15, 0.2) is 0 Å². The number of nitrogens with two attached hydrogens (primary N) is 1. The summed E-state index contributed by atoms with van der Waals surface area (Å²) in [5, 5.41) is 0. The number of pyridine rings is 1. The van der Waals surface area contributed by atoms with Gasteiger partial charge in [-0.2, -0.15) is 0 Å². The zero-order valence-corrected chi connectivity index (χ0v) is 10.2. The topological polar surface area (TPSA) is 59.2 Å². The monoisotopic (exact) mass is 241 g/mol. The van der Waals surface area contributed by atoms with Crippen molar-refractivity contribution < 1.29 is 4.79 Å². The van der Waals surface area contributed by atoms with Gasteiger partial charge in [0, 0.05) is 18.9 Å². The number of anilines is 2. The number of nitrogens with zero attached hydrogens (tertiary/aromatic N) is 2. The van der Waals surface area contributed by atoms with E-state index in [2.05, 4.69) is 4.98 Å². The number of nitrogen functional groups attached to an aromatic ring is 1. The van der Waals surface area contributed by atoms with Crippen molar-refractivity contribution in [2.45, 2.75) is 6.42 Å². The van der Waals surface area contributed by atoms with Crippen LogP contribution >= 0.6 is 0 Å². The largest absolute Gasteiger partial charge is 0.399 e. The van der Waals surface area contributed by atoms with Crippen LogP contribution in [0.15, 0.2) is 48.7 Å². The van der Waals surface area contributed by atoms with Crippen LogP contribution in [0.2, 0.25) is 0 Å². The Hall–Kier alpha value is -2.36. The maximum atomic E-state index is 12.1. The number of likely N-dealkylation sites (N-methyl/N-ethyl adjacent to an activating group) is 1. The minimum atomic E-state index is -0.00142. The van der Waals surface area contributed by atoms with E-state index < -0.39 is 0 Å². The van der Waals surface area contributed by atoms with Gasteiger partial charge in [-0.15, -0.1) is 0 Å². The van der Waals surface area contributed by atoms with Crippen molar-refractivity contribution in [1.29, 1.82) is 0 Å². The van der Waals surface area contributed by atoms with Crippen molar-refractivity contribution in [3.8, 4) is 0 Å². The molecule has 0 aliphatic carbocycles. The Kier molecular flexibility index (Phi) is 3.57. The minimum absolute atomic E-state index is 0.00142. The van der Waals surface area contributed by atoms with Crippen molar-refractivity contribution in [2.75, 3.05) is 17.7 Å². The smallest absolute Gasteiger partial charge is 0.232 e. The Labute approximate surface area is 106 Å². The molecule has 0 saturated heterocycles. The second-order valence-corrected chi connectivity index (χ2v) is 4.06. The predicted octanol–water partition coefficient (Wildman–Crippen LogP) is 1.87. The van der Waals surface area contributed by atoms with Crippen LogP contribution < -0.4 is 10.6 Å². The van der Waals surface area contributed by atoms with Gasteiger partial charge in [0.1, 0.15) is 5.82 Å². The first-order chi connectivity index (χ1) is 8.66. The molecule has 2 aromatic rings. The summed E-state index contributed by atoms with van der Waals surface area (Å²) in [7, 11) is 1.72. The number of benzene rings is 1. The first-order valence-electron chi connectivity index (χ1n) is 5.69. The van der Waals surface area contributed by atoms with Crippen molar-refractivity contribution in [3.63, 3.8) is 0 Å². The third-order valence-corrected chi connectivity index (χ3v) is 2.70. The van der Waals surface area contributed by atoms with Crippen LogP contribution in [-0.2, 0) is 11.2 Å². The lowest BCUT2D eigenvalue weighted by Crippen LogP contribution is -2.28. The van der Waals surface area contributed by atoms with Crippen LogP contribution in [-0.4, -0.2) is 17.9 Å². The van der Waals surface area contributed by atoms with Gasteiger partial charge in [-0.3, -0.25) is 9.69 Å². The number of carbonyl (C=O) groups excluding carboxylic acids is 1. The molecule has 1 aromatic carbocycles. The molecule has 4 nitrogen and oxygen atoms in total. The molecule has 0 saturated carbocycles. The fourth-order valence-electron chi connectivity index (χ4n) is 1.61. The summed E-state index contributed by atoms with van der Waals surface area (Å²) in [4.78, 5) is 17.7. The van der Waals surface area contributed by atoms with Crippen molar-refractivity contribution >= 4 is 17.4 Å². The lowest BCUT2D eigenvalue weighted by Gasteiger charge is -2.15. The van der Waals surface area contributed by atoms with Crippen LogP contribution in [0.5, 0.6) is 0 Å². The van der Waals surface area contributed by atoms with Gasteiger partial charge in [0.2, 0.25) is 5.91 Å². The van der Waals surface area contributed by atoms with Gasteiger partial charge >= 0.3 is 0 Å². The number of carbonyl (C=O) groups is 1. The first-order valence-corrected chi connectivity index (χ1v) is 5.69. The average molecular weight is 241 g/mol. The standard InChI is InChI=1S/C14H15N3O/c1-17(13-4-2-3-9-16-13)14(18)10-11-5-7-12(15)8-6-11/h2-9H,10,15H2,1H3. The maximum absolute atomic E-state index is 12.1. The van der Waals surface area contributed by atoms with Crippen molar-refractivity contribution in [3.05, 3.63) is 54.2 Å². The second kappa shape index (κ2) is 5.31. The van der Waals surface area contributed by atoms with E-state index >= 15 is 0 Å². The van der Waals surface area contributed by atoms with E-state index in [1.165, 1.54) is 0 Å². The lowest BCUT2D eigenvalue weighted by molar-refractivity contribution is -0.117. The van der Waals surface area contributed by atoms with Gasteiger partial charge in [0.25, 0.3) is 0 Å². The predicted molar refractivity (Wildman–Crippen MR) is 72.2 cm³/mol. The zero-order chi connectivity index (χ0) is 13.0. The van der Waals surface area contributed by atoms with Crippen LogP contribution in [0.25, 0.3) is 0 Å². The molecule has 18 heavy (non-hydrogen) atoms. The minimum Gasteiger partial charge on any atom is -0.399 e. The molecule has 2 N–H and O–H groups in total. The summed E-state index contributed by atoms with van der Waals surface area (Å²) in [5.41, 5.74) is 7.24. The third kappa shape index (κ3) is 2.85. The van der Waals surface area contributed by atoms with Crippen molar-refractivity contribution in [1.82, 2.24) is 4.98 Å². The fourth-order valence-corrected chi connectivity index (χ4v) is 1.61. The lowest BCUT2D eigenvalue weighted by atomic mass is 10.1. The van der Waals surface area contributed by atoms with Crippen LogP contribution in [0.1, 0.15) is 5.56 Å². The number of hydrogen-bond donors (Lipinski definition) is 1. The summed E-state index contributed by atoms with van der Waals surface area (Å²) >= 11 is 0. The Bertz CT molecular complexity index is 522. The summed E-state index contributed by atoms with van der Waals surface area (Å²) in [6, 6.07) is 12.8. The molecule has 0 aliphatic rings. The van der Waals surface area contributed by atoms with Crippen LogP contribution in [0.3, 0.4) is 0 Å². The molecule has 4 heteroatoms. The molecule has 1 aromatic heterocycles. The molecule has 2 rings (SSSR count). The van der Waals surface area contributed by atoms with Crippen LogP contribution in [0.4, 0.5) is 11.5 Å². The Morgan fingerprint density at radius 3 is 2.56 bits per heavy atom. The second-order valence-electron chi connectivity index (χ2n) is 4.06. The first kappa shape index (κ1) is 12.1. The molecule has 0 radical (unpaired) electrons. The molecular weight excluding hydrogens is 226 g/mol. The van der Waals surface area contributed by atoms with E-state index in [0.29, 0.717) is 17.9 Å². The highest BCUT2D eigenvalue weighted by Crippen LogP contribution is 2.11. The van der Waals surface area contributed by atoms with E-state index in [0.717, 1.165) is 5.56 Å². The molecular formula is C14H15N3O. The Morgan fingerprint density at radius 1 is 1.22 bits per heavy atom. The highest BCUT2D eigenvalue weighted by Gasteiger charge is 2.11. The summed E-state index contributed by atoms with van der Waals surface area (Å²) in [5.74, 6) is 0.649. The molecule has 1 amide bonds. The summed E-state index contributed by atoms with van der Waals surface area (Å²) in [6.45, 7) is 0. The summed E-state index contributed by atoms with van der Waals surface area (Å²) < 4.78 is 0. The van der Waals surface area contributed by atoms with Gasteiger partial charge < -0.3 is 5.73 Å². The number of hydrogen-bond acceptors (Lipinski definition) is 3. The molecule has 0 atom stereocenters. The van der Waals surface area contributed by atoms with E-state index in [9.17, 15) is 4.79 Å². The molecule has 0 spiro atoms. The van der Waals surface area contributed by atoms with Gasteiger partial charge in [-0.25, -0.2) is 4.98 Å². The van der Waals surface area contributed by atoms with Gasteiger partial charge in [-0.1, -0.05) is 18.2 Å². The molecule has 0 unspecified atom stereocenters. The Morgan fingerprint density at radius 2 is 1.94 bits per heavy atom. The Balaban J connectivity index is 2.06. The number of rotatable bonds is 3. The maximum Gasteiger partial charge on any atom is 0.232 e. The number of aromatic nitrogens is 1. The highest BCUT2D eigenvalue weighted by molar-refractivity contribution is 5.93. The molecule has 0 bridgehead atoms. The van der Waals surface area contributed by atoms with Gasteiger partial charge in [-0.05, 0) is 29.8 Å². The summed E-state index contributed by atoms with van der Waals surface area (Å²) in [6.07, 6.45) is 2.01. The van der Waals surface area contributed by atoms with Crippen molar-refractivity contribution in [2.24, 2.45) is 0 Å². The van der Waals surface area contributed by atoms with Crippen LogP contribution in [0, 0.1) is 0 Å². The quantitative estimate of drug-likeness (QED) is 0.834. The third-order valence-electron chi connectivity index (χ3n) is 2.70. The fraction of sp³-hybridized carbons (Fsp3) is 0.143. The van der Waals surface area contributed by atoms with E-state index in [1.54, 1.807) is 36.3 Å². The zero-order valence-electron chi connectivity index (χ0n) is 10.2. The normalized spacial score (nSPS) is 10.1.